The molecule has 0 fully saturated rings. The van der Waals surface area contributed by atoms with E-state index in [1.165, 1.54) is 12.1 Å². The Kier molecular flexibility index (Phi) is 3.72. The Morgan fingerprint density at radius 1 is 1.56 bits per heavy atom. The van der Waals surface area contributed by atoms with E-state index in [0.717, 1.165) is 0 Å². The number of aromatic carboxylic acids is 1. The van der Waals surface area contributed by atoms with E-state index in [4.69, 9.17) is 15.6 Å². The van der Waals surface area contributed by atoms with Crippen LogP contribution in [0, 0.1) is 5.82 Å². The smallest absolute Gasteiger partial charge is 0.338 e. The molecule has 4 nitrogen and oxygen atoms in total. The van der Waals surface area contributed by atoms with Crippen molar-refractivity contribution in [1.29, 1.82) is 0 Å². The van der Waals surface area contributed by atoms with Crippen LogP contribution in [0.1, 0.15) is 28.4 Å². The number of hydrogen-bond donors (Lipinski definition) is 2. The lowest BCUT2D eigenvalue weighted by Gasteiger charge is -2.23. The quantitative estimate of drug-likeness (QED) is 0.793. The molecule has 0 unspecified atom stereocenters. The lowest BCUT2D eigenvalue weighted by Crippen LogP contribution is -2.22. The van der Waals surface area contributed by atoms with Gasteiger partial charge in [-0.05, 0) is 6.07 Å². The molecule has 0 aliphatic carbocycles. The molecular formula is C10H11ClFNO3. The lowest BCUT2D eigenvalue weighted by atomic mass is 9.99. The molecule has 1 heterocycles. The number of rotatable bonds is 1. The molecule has 0 amide bonds. The van der Waals surface area contributed by atoms with Gasteiger partial charge in [0.1, 0.15) is 0 Å². The zero-order valence-electron chi connectivity index (χ0n) is 8.27. The number of carboxylic acids is 1. The van der Waals surface area contributed by atoms with Gasteiger partial charge in [-0.2, -0.15) is 0 Å². The van der Waals surface area contributed by atoms with E-state index in [-0.39, 0.29) is 29.8 Å². The van der Waals surface area contributed by atoms with E-state index in [9.17, 15) is 9.18 Å². The van der Waals surface area contributed by atoms with Gasteiger partial charge in [-0.1, -0.05) is 6.07 Å². The first-order valence-electron chi connectivity index (χ1n) is 4.55. The van der Waals surface area contributed by atoms with E-state index >= 15 is 0 Å². The van der Waals surface area contributed by atoms with Crippen LogP contribution in [0.25, 0.3) is 0 Å². The number of carboxylic acid groups (broad SMARTS) is 1. The third-order valence-corrected chi connectivity index (χ3v) is 2.43. The van der Waals surface area contributed by atoms with Crippen molar-refractivity contribution in [2.24, 2.45) is 5.73 Å². The Balaban J connectivity index is 0.00000128. The minimum Gasteiger partial charge on any atom is -0.490 e. The molecule has 1 aromatic carbocycles. The first-order chi connectivity index (χ1) is 7.11. The number of halogens is 2. The maximum atomic E-state index is 13.6. The zero-order chi connectivity index (χ0) is 11.0. The summed E-state index contributed by atoms with van der Waals surface area (Å²) in [5.41, 5.74) is 5.89. The summed E-state index contributed by atoms with van der Waals surface area (Å²) < 4.78 is 18.7. The largest absolute Gasteiger partial charge is 0.490 e. The third-order valence-electron chi connectivity index (χ3n) is 2.43. The van der Waals surface area contributed by atoms with E-state index < -0.39 is 11.8 Å². The number of ether oxygens (including phenoxy) is 1. The Hall–Kier alpha value is -1.33. The molecule has 0 aromatic heterocycles. The molecule has 0 saturated carbocycles. The average molecular weight is 248 g/mol. The molecule has 88 valence electrons. The average Bonchev–Trinajstić information content (AvgIpc) is 2.19. The molecule has 0 saturated heterocycles. The Labute approximate surface area is 97.6 Å². The van der Waals surface area contributed by atoms with Crippen LogP contribution < -0.4 is 10.5 Å². The minimum absolute atomic E-state index is 0. The summed E-state index contributed by atoms with van der Waals surface area (Å²) in [7, 11) is 0. The van der Waals surface area contributed by atoms with Gasteiger partial charge in [-0.25, -0.2) is 9.18 Å². The SMILES string of the molecule is Cl.N[C@H]1CCOc2c1ccc(C(=O)O)c2F. The highest BCUT2D eigenvalue weighted by Gasteiger charge is 2.25. The Bertz CT molecular complexity index is 425. The molecule has 0 spiro atoms. The molecule has 2 rings (SSSR count). The third kappa shape index (κ3) is 1.96. The van der Waals surface area contributed by atoms with Crippen molar-refractivity contribution in [2.45, 2.75) is 12.5 Å². The second-order valence-corrected chi connectivity index (χ2v) is 3.39. The predicted molar refractivity (Wildman–Crippen MR) is 57.6 cm³/mol. The van der Waals surface area contributed by atoms with Crippen LogP contribution >= 0.6 is 12.4 Å². The van der Waals surface area contributed by atoms with Gasteiger partial charge in [-0.3, -0.25) is 0 Å². The van der Waals surface area contributed by atoms with Crippen LogP contribution in [0.3, 0.4) is 0 Å². The van der Waals surface area contributed by atoms with Crippen LogP contribution in [-0.2, 0) is 0 Å². The number of benzene rings is 1. The van der Waals surface area contributed by atoms with Crippen LogP contribution in [-0.4, -0.2) is 17.7 Å². The fraction of sp³-hybridized carbons (Fsp3) is 0.300. The summed E-state index contributed by atoms with van der Waals surface area (Å²) in [5, 5.41) is 8.71. The molecule has 6 heteroatoms. The van der Waals surface area contributed by atoms with Crippen LogP contribution in [0.4, 0.5) is 4.39 Å². The topological polar surface area (TPSA) is 72.5 Å². The maximum Gasteiger partial charge on any atom is 0.338 e. The van der Waals surface area contributed by atoms with Gasteiger partial charge in [0.15, 0.2) is 11.6 Å². The standard InChI is InChI=1S/C10H10FNO3.ClH/c11-8-6(10(13)14)2-1-5-7(12)3-4-15-9(5)8;/h1-2,7H,3-4,12H2,(H,13,14);1H/t7-;/m0./s1. The highest BCUT2D eigenvalue weighted by molar-refractivity contribution is 5.88. The summed E-state index contributed by atoms with van der Waals surface area (Å²) in [4.78, 5) is 10.7. The fourth-order valence-corrected chi connectivity index (χ4v) is 1.62. The van der Waals surface area contributed by atoms with Crippen molar-refractivity contribution in [3.63, 3.8) is 0 Å². The number of carbonyl (C=O) groups is 1. The van der Waals surface area contributed by atoms with Crippen molar-refractivity contribution < 1.29 is 19.0 Å². The minimum atomic E-state index is -1.31. The molecular weight excluding hydrogens is 237 g/mol. The normalized spacial score (nSPS) is 18.0. The number of fused-ring (bicyclic) bond motifs is 1. The second-order valence-electron chi connectivity index (χ2n) is 3.39. The number of hydrogen-bond acceptors (Lipinski definition) is 3. The molecule has 16 heavy (non-hydrogen) atoms. The van der Waals surface area contributed by atoms with Gasteiger partial charge in [0.25, 0.3) is 0 Å². The second kappa shape index (κ2) is 4.67. The van der Waals surface area contributed by atoms with Crippen molar-refractivity contribution in [3.05, 3.63) is 29.1 Å². The van der Waals surface area contributed by atoms with Gasteiger partial charge in [0.05, 0.1) is 12.2 Å². The van der Waals surface area contributed by atoms with Crippen molar-refractivity contribution in [1.82, 2.24) is 0 Å². The highest BCUT2D eigenvalue weighted by Crippen LogP contribution is 2.34. The molecule has 1 aliphatic heterocycles. The highest BCUT2D eigenvalue weighted by atomic mass is 35.5. The van der Waals surface area contributed by atoms with E-state index in [2.05, 4.69) is 0 Å². The van der Waals surface area contributed by atoms with Gasteiger partial charge in [0.2, 0.25) is 0 Å². The molecule has 1 aliphatic rings. The van der Waals surface area contributed by atoms with Crippen LogP contribution in [0.2, 0.25) is 0 Å². The molecule has 3 N–H and O–H groups in total. The van der Waals surface area contributed by atoms with Crippen molar-refractivity contribution in [3.8, 4) is 5.75 Å². The summed E-state index contributed by atoms with van der Waals surface area (Å²) in [6, 6.07) is 2.43. The summed E-state index contributed by atoms with van der Waals surface area (Å²) in [6.45, 7) is 0.314. The first kappa shape index (κ1) is 12.7. The van der Waals surface area contributed by atoms with Crippen LogP contribution in [0.5, 0.6) is 5.75 Å². The predicted octanol–water partition coefficient (Wildman–Crippen LogP) is 1.73. The monoisotopic (exact) mass is 247 g/mol. The van der Waals surface area contributed by atoms with Crippen LogP contribution in [0.15, 0.2) is 12.1 Å². The first-order valence-corrected chi connectivity index (χ1v) is 4.55. The van der Waals surface area contributed by atoms with Gasteiger partial charge in [0, 0.05) is 18.0 Å². The Morgan fingerprint density at radius 2 is 2.25 bits per heavy atom. The van der Waals surface area contributed by atoms with E-state index in [1.54, 1.807) is 0 Å². The van der Waals surface area contributed by atoms with E-state index in [1.807, 2.05) is 0 Å². The Morgan fingerprint density at radius 3 is 2.88 bits per heavy atom. The van der Waals surface area contributed by atoms with Gasteiger partial charge < -0.3 is 15.6 Å². The number of nitrogens with two attached hydrogens (primary N) is 1. The molecule has 1 atom stereocenters. The molecule has 0 radical (unpaired) electrons. The molecule has 0 bridgehead atoms. The lowest BCUT2D eigenvalue weighted by molar-refractivity contribution is 0.0690. The zero-order valence-corrected chi connectivity index (χ0v) is 9.09. The fourth-order valence-electron chi connectivity index (χ4n) is 1.62. The van der Waals surface area contributed by atoms with Gasteiger partial charge in [-0.15, -0.1) is 12.4 Å². The van der Waals surface area contributed by atoms with Gasteiger partial charge >= 0.3 is 5.97 Å². The van der Waals surface area contributed by atoms with Crippen molar-refractivity contribution in [2.75, 3.05) is 6.61 Å². The summed E-state index contributed by atoms with van der Waals surface area (Å²) in [6.07, 6.45) is 0.610. The maximum absolute atomic E-state index is 13.6. The summed E-state index contributed by atoms with van der Waals surface area (Å²) >= 11 is 0. The van der Waals surface area contributed by atoms with E-state index in [0.29, 0.717) is 18.6 Å². The molecule has 1 aromatic rings. The summed E-state index contributed by atoms with van der Waals surface area (Å²) in [5.74, 6) is -2.16. The van der Waals surface area contributed by atoms with Crippen molar-refractivity contribution >= 4 is 18.4 Å².